The zero-order valence-electron chi connectivity index (χ0n) is 11.8. The van der Waals surface area contributed by atoms with Crippen molar-refractivity contribution in [3.8, 4) is 0 Å². The van der Waals surface area contributed by atoms with E-state index in [1.165, 1.54) is 7.11 Å². The fourth-order valence-electron chi connectivity index (χ4n) is 3.71. The van der Waals surface area contributed by atoms with E-state index in [0.29, 0.717) is 11.3 Å². The largest absolute Gasteiger partial charge is 0.466 e. The molecular weight excluding hydrogens is 282 g/mol. The molecule has 1 spiro atoms. The average Bonchev–Trinajstić information content (AvgIpc) is 2.91. The first-order valence-electron chi connectivity index (χ1n) is 7.03. The molecule has 22 heavy (non-hydrogen) atoms. The Morgan fingerprint density at radius 3 is 2.82 bits per heavy atom. The Morgan fingerprint density at radius 2 is 2.05 bits per heavy atom. The van der Waals surface area contributed by atoms with Gasteiger partial charge in [-0.2, -0.15) is 0 Å². The third-order valence-electron chi connectivity index (χ3n) is 4.75. The van der Waals surface area contributed by atoms with Crippen LogP contribution in [-0.2, 0) is 24.5 Å². The van der Waals surface area contributed by atoms with Crippen molar-refractivity contribution in [2.24, 2.45) is 11.8 Å². The monoisotopic (exact) mass is 295 g/mol. The maximum Gasteiger partial charge on any atom is 0.334 e. The number of esters is 1. The molecule has 3 atom stereocenters. The molecule has 5 heteroatoms. The Labute approximate surface area is 126 Å². The highest BCUT2D eigenvalue weighted by Crippen LogP contribution is 2.52. The van der Waals surface area contributed by atoms with Gasteiger partial charge in [0.1, 0.15) is 5.41 Å². The molecule has 5 nitrogen and oxygen atoms in total. The zero-order chi connectivity index (χ0) is 15.5. The van der Waals surface area contributed by atoms with E-state index in [1.54, 1.807) is 18.2 Å². The van der Waals surface area contributed by atoms with Gasteiger partial charge in [0.2, 0.25) is 5.91 Å². The number of para-hydroxylation sites is 1. The number of amides is 1. The van der Waals surface area contributed by atoms with Crippen molar-refractivity contribution < 1.29 is 19.1 Å². The van der Waals surface area contributed by atoms with Crippen LogP contribution in [0.2, 0.25) is 0 Å². The molecule has 1 aromatic rings. The summed E-state index contributed by atoms with van der Waals surface area (Å²) in [5.41, 5.74) is 0.751. The molecule has 0 saturated heterocycles. The first-order chi connectivity index (χ1) is 10.6. The molecule has 110 valence electrons. The molecule has 3 aliphatic rings. The summed E-state index contributed by atoms with van der Waals surface area (Å²) in [6, 6.07) is 7.33. The van der Waals surface area contributed by atoms with E-state index < -0.39 is 23.2 Å². The number of Topliss-reactive ketones (excluding diaryl/α,β-unsaturated/α-hetero) is 1. The second kappa shape index (κ2) is 4.16. The number of fused-ring (bicyclic) bond motifs is 5. The second-order valence-corrected chi connectivity index (χ2v) is 5.70. The number of carbonyl (C=O) groups excluding carboxylic acids is 3. The van der Waals surface area contributed by atoms with Crippen molar-refractivity contribution in [1.82, 2.24) is 0 Å². The van der Waals surface area contributed by atoms with Crippen LogP contribution in [0.5, 0.6) is 0 Å². The first-order valence-corrected chi connectivity index (χ1v) is 7.03. The number of nitrogens with one attached hydrogen (secondary N) is 1. The molecule has 0 saturated carbocycles. The first kappa shape index (κ1) is 13.0. The molecule has 0 aromatic heterocycles. The van der Waals surface area contributed by atoms with Crippen molar-refractivity contribution in [2.75, 3.05) is 12.4 Å². The molecule has 1 amide bonds. The molecule has 2 aliphatic carbocycles. The van der Waals surface area contributed by atoms with E-state index in [-0.39, 0.29) is 11.7 Å². The van der Waals surface area contributed by atoms with Crippen LogP contribution in [-0.4, -0.2) is 24.8 Å². The van der Waals surface area contributed by atoms with Crippen molar-refractivity contribution >= 4 is 23.3 Å². The fraction of sp³-hybridized carbons (Fsp3) is 0.235. The van der Waals surface area contributed by atoms with Crippen LogP contribution in [0.15, 0.2) is 48.1 Å². The highest BCUT2D eigenvalue weighted by Gasteiger charge is 2.58. The van der Waals surface area contributed by atoms with Crippen LogP contribution in [0.25, 0.3) is 0 Å². The summed E-state index contributed by atoms with van der Waals surface area (Å²) in [4.78, 5) is 37.1. The Kier molecular flexibility index (Phi) is 2.46. The van der Waals surface area contributed by atoms with Gasteiger partial charge in [0.05, 0.1) is 18.9 Å². The van der Waals surface area contributed by atoms with Gasteiger partial charge in [0, 0.05) is 11.3 Å². The minimum atomic E-state index is -1.06. The molecule has 1 heterocycles. The SMILES string of the molecule is COC(=O)C1=C[C@H]2C(=O)[C@@H]1C=C[C@]21C(=O)Nc2ccccc21. The topological polar surface area (TPSA) is 72.5 Å². The summed E-state index contributed by atoms with van der Waals surface area (Å²) in [6.45, 7) is 0. The van der Waals surface area contributed by atoms with E-state index in [2.05, 4.69) is 5.32 Å². The quantitative estimate of drug-likeness (QED) is 0.627. The van der Waals surface area contributed by atoms with E-state index in [0.717, 1.165) is 5.56 Å². The van der Waals surface area contributed by atoms with E-state index in [4.69, 9.17) is 4.74 Å². The van der Waals surface area contributed by atoms with Gasteiger partial charge in [-0.3, -0.25) is 9.59 Å². The predicted molar refractivity (Wildman–Crippen MR) is 78.0 cm³/mol. The Hall–Kier alpha value is -2.69. The summed E-state index contributed by atoms with van der Waals surface area (Å²) in [6.07, 6.45) is 5.01. The zero-order valence-corrected chi connectivity index (χ0v) is 11.8. The van der Waals surface area contributed by atoms with Gasteiger partial charge in [0.15, 0.2) is 5.78 Å². The summed E-state index contributed by atoms with van der Waals surface area (Å²) >= 11 is 0. The average molecular weight is 295 g/mol. The number of rotatable bonds is 1. The minimum absolute atomic E-state index is 0.130. The standard InChI is InChI=1S/C17H13NO4/c1-22-15(20)10-8-12-14(19)9(10)6-7-17(12)11-4-2-3-5-13(11)18-16(17)21/h2-9,12H,1H3,(H,18,21)/t9-,12+,17-/m1/s1. The van der Waals surface area contributed by atoms with Gasteiger partial charge >= 0.3 is 5.97 Å². The summed E-state index contributed by atoms with van der Waals surface area (Å²) in [5, 5.41) is 2.83. The van der Waals surface area contributed by atoms with Gasteiger partial charge in [-0.1, -0.05) is 36.4 Å². The Balaban J connectivity index is 1.92. The lowest BCUT2D eigenvalue weighted by Gasteiger charge is -2.32. The molecule has 1 aromatic carbocycles. The lowest BCUT2D eigenvalue weighted by atomic mass is 9.66. The molecule has 0 radical (unpaired) electrons. The van der Waals surface area contributed by atoms with E-state index >= 15 is 0 Å². The van der Waals surface area contributed by atoms with Crippen molar-refractivity contribution in [2.45, 2.75) is 5.41 Å². The predicted octanol–water partition coefficient (Wildman–Crippen LogP) is 1.36. The summed E-state index contributed by atoms with van der Waals surface area (Å²) in [7, 11) is 1.28. The molecule has 4 rings (SSSR count). The lowest BCUT2D eigenvalue weighted by molar-refractivity contribution is -0.137. The van der Waals surface area contributed by atoms with Crippen LogP contribution in [0.3, 0.4) is 0 Å². The van der Waals surface area contributed by atoms with E-state index in [1.807, 2.05) is 24.3 Å². The Bertz CT molecular complexity index is 792. The van der Waals surface area contributed by atoms with Gasteiger partial charge in [-0.25, -0.2) is 4.79 Å². The highest BCUT2D eigenvalue weighted by molar-refractivity contribution is 6.15. The maximum atomic E-state index is 12.6. The number of hydrogen-bond donors (Lipinski definition) is 1. The number of benzene rings is 1. The molecule has 1 aliphatic heterocycles. The molecule has 0 unspecified atom stereocenters. The van der Waals surface area contributed by atoms with Crippen molar-refractivity contribution in [3.05, 3.63) is 53.6 Å². The van der Waals surface area contributed by atoms with Gasteiger partial charge in [0.25, 0.3) is 0 Å². The number of anilines is 1. The van der Waals surface area contributed by atoms with Crippen LogP contribution in [0, 0.1) is 11.8 Å². The van der Waals surface area contributed by atoms with Crippen molar-refractivity contribution in [3.63, 3.8) is 0 Å². The third-order valence-corrected chi connectivity index (χ3v) is 4.75. The summed E-state index contributed by atoms with van der Waals surface area (Å²) < 4.78 is 4.74. The summed E-state index contributed by atoms with van der Waals surface area (Å²) in [5.74, 6) is -2.16. The maximum absolute atomic E-state index is 12.6. The van der Waals surface area contributed by atoms with Crippen LogP contribution >= 0.6 is 0 Å². The highest BCUT2D eigenvalue weighted by atomic mass is 16.5. The molecule has 1 N–H and O–H groups in total. The number of ether oxygens (including phenoxy) is 1. The number of carbonyl (C=O) groups is 3. The molecule has 2 bridgehead atoms. The Morgan fingerprint density at radius 1 is 1.27 bits per heavy atom. The minimum Gasteiger partial charge on any atom is -0.466 e. The third kappa shape index (κ3) is 1.35. The fourth-order valence-corrected chi connectivity index (χ4v) is 3.71. The van der Waals surface area contributed by atoms with Gasteiger partial charge < -0.3 is 10.1 Å². The number of ketones is 1. The van der Waals surface area contributed by atoms with Crippen LogP contribution in [0.4, 0.5) is 5.69 Å². The van der Waals surface area contributed by atoms with Gasteiger partial charge in [-0.15, -0.1) is 0 Å². The normalized spacial score (nSPS) is 31.0. The smallest absolute Gasteiger partial charge is 0.334 e. The number of methoxy groups -OCH3 is 1. The second-order valence-electron chi connectivity index (χ2n) is 5.70. The lowest BCUT2D eigenvalue weighted by Crippen LogP contribution is -2.45. The van der Waals surface area contributed by atoms with Crippen LogP contribution < -0.4 is 5.32 Å². The van der Waals surface area contributed by atoms with Crippen molar-refractivity contribution in [1.29, 1.82) is 0 Å². The van der Waals surface area contributed by atoms with Crippen LogP contribution in [0.1, 0.15) is 5.56 Å². The molecule has 0 fully saturated rings. The van der Waals surface area contributed by atoms with Gasteiger partial charge in [-0.05, 0) is 11.6 Å². The number of allylic oxidation sites excluding steroid dienone is 2. The molecular formula is C17H13NO4. The van der Waals surface area contributed by atoms with E-state index in [9.17, 15) is 14.4 Å². The number of hydrogen-bond acceptors (Lipinski definition) is 4.